The minimum absolute atomic E-state index is 0.663. The molecule has 0 aromatic carbocycles. The van der Waals surface area contributed by atoms with Gasteiger partial charge in [-0.2, -0.15) is 0 Å². The normalized spacial score (nSPS) is 10.7. The summed E-state index contributed by atoms with van der Waals surface area (Å²) in [6, 6.07) is 3.82. The number of pyridine rings is 1. The van der Waals surface area contributed by atoms with Gasteiger partial charge in [-0.25, -0.2) is 9.97 Å². The first-order valence-electron chi connectivity index (χ1n) is 6.02. The quantitative estimate of drug-likeness (QED) is 0.921. The minimum atomic E-state index is 0.663. The minimum Gasteiger partial charge on any atom is -0.354 e. The Bertz CT molecular complexity index is 555. The third kappa shape index (κ3) is 3.65. The zero-order chi connectivity index (χ0) is 13.8. The Labute approximate surface area is 122 Å². The summed E-state index contributed by atoms with van der Waals surface area (Å²) >= 11 is 7.78. The molecule has 0 aliphatic heterocycles. The highest BCUT2D eigenvalue weighted by Gasteiger charge is 2.09. The van der Waals surface area contributed by atoms with Crippen molar-refractivity contribution >= 4 is 28.8 Å². The van der Waals surface area contributed by atoms with E-state index in [4.69, 9.17) is 11.6 Å². The molecule has 0 aliphatic carbocycles. The summed E-state index contributed by atoms with van der Waals surface area (Å²) in [4.78, 5) is 11.1. The predicted octanol–water partition coefficient (Wildman–Crippen LogP) is 2.86. The van der Waals surface area contributed by atoms with Gasteiger partial charge in [-0.15, -0.1) is 11.3 Å². The topological polar surface area (TPSA) is 41.1 Å². The van der Waals surface area contributed by atoms with E-state index in [1.807, 2.05) is 33.2 Å². The van der Waals surface area contributed by atoms with Crippen molar-refractivity contribution in [2.45, 2.75) is 20.0 Å². The molecule has 0 bridgehead atoms. The van der Waals surface area contributed by atoms with Crippen LogP contribution in [0, 0.1) is 6.92 Å². The first-order chi connectivity index (χ1) is 9.10. The van der Waals surface area contributed by atoms with E-state index in [1.54, 1.807) is 11.3 Å². The predicted molar refractivity (Wildman–Crippen MR) is 81.0 cm³/mol. The van der Waals surface area contributed by atoms with Crippen LogP contribution in [-0.2, 0) is 13.1 Å². The van der Waals surface area contributed by atoms with Crippen LogP contribution >= 0.6 is 22.9 Å². The number of anilines is 1. The smallest absolute Gasteiger partial charge is 0.129 e. The molecule has 0 atom stereocenters. The Morgan fingerprint density at radius 1 is 1.37 bits per heavy atom. The molecule has 0 amide bonds. The molecule has 19 heavy (non-hydrogen) atoms. The van der Waals surface area contributed by atoms with Crippen LogP contribution in [0.2, 0.25) is 5.02 Å². The third-order valence-electron chi connectivity index (χ3n) is 2.70. The second kappa shape index (κ2) is 6.32. The van der Waals surface area contributed by atoms with E-state index in [0.717, 1.165) is 28.8 Å². The molecule has 0 fully saturated rings. The fourth-order valence-corrected chi connectivity index (χ4v) is 2.56. The highest BCUT2D eigenvalue weighted by Crippen LogP contribution is 2.20. The molecule has 0 aliphatic rings. The van der Waals surface area contributed by atoms with Crippen LogP contribution in [0.15, 0.2) is 17.5 Å². The first-order valence-corrected chi connectivity index (χ1v) is 7.28. The van der Waals surface area contributed by atoms with Gasteiger partial charge >= 0.3 is 0 Å². The van der Waals surface area contributed by atoms with Crippen molar-refractivity contribution in [3.05, 3.63) is 38.9 Å². The number of rotatable bonds is 5. The Kier molecular flexibility index (Phi) is 4.74. The van der Waals surface area contributed by atoms with Gasteiger partial charge in [0.25, 0.3) is 0 Å². The van der Waals surface area contributed by atoms with Crippen molar-refractivity contribution in [3.63, 3.8) is 0 Å². The van der Waals surface area contributed by atoms with E-state index in [2.05, 4.69) is 25.6 Å². The van der Waals surface area contributed by atoms with Gasteiger partial charge in [-0.1, -0.05) is 11.6 Å². The molecule has 0 saturated heterocycles. The molecule has 2 aromatic rings. The van der Waals surface area contributed by atoms with Crippen LogP contribution < -0.4 is 10.2 Å². The Morgan fingerprint density at radius 2 is 2.16 bits per heavy atom. The molecule has 2 aromatic heterocycles. The van der Waals surface area contributed by atoms with Crippen LogP contribution in [0.1, 0.15) is 16.4 Å². The first kappa shape index (κ1) is 14.2. The van der Waals surface area contributed by atoms with Gasteiger partial charge in [0.2, 0.25) is 0 Å². The molecular formula is C13H17ClN4S. The summed E-state index contributed by atoms with van der Waals surface area (Å²) in [6.07, 6.45) is 0. The molecule has 6 heteroatoms. The lowest BCUT2D eigenvalue weighted by atomic mass is 10.3. The average Bonchev–Trinajstić information content (AvgIpc) is 2.77. The number of halogens is 1. The van der Waals surface area contributed by atoms with Gasteiger partial charge in [0.1, 0.15) is 5.82 Å². The maximum Gasteiger partial charge on any atom is 0.129 e. The van der Waals surface area contributed by atoms with Gasteiger partial charge < -0.3 is 10.2 Å². The average molecular weight is 297 g/mol. The van der Waals surface area contributed by atoms with E-state index >= 15 is 0 Å². The number of hydrogen-bond donors (Lipinski definition) is 1. The standard InChI is InChI=1S/C13H17ClN4S/c1-9-16-10(8-19-9)7-18(3)13-5-4-11(14)12(17-13)6-15-2/h4-5,8,15H,6-7H2,1-3H3. The summed E-state index contributed by atoms with van der Waals surface area (Å²) < 4.78 is 0. The van der Waals surface area contributed by atoms with Gasteiger partial charge in [-0.05, 0) is 26.1 Å². The molecule has 0 saturated carbocycles. The number of nitrogens with zero attached hydrogens (tertiary/aromatic N) is 3. The maximum atomic E-state index is 6.11. The zero-order valence-corrected chi connectivity index (χ0v) is 12.8. The second-order valence-electron chi connectivity index (χ2n) is 4.34. The molecule has 102 valence electrons. The number of hydrogen-bond acceptors (Lipinski definition) is 5. The molecule has 2 rings (SSSR count). The van der Waals surface area contributed by atoms with Crippen molar-refractivity contribution in [1.29, 1.82) is 0 Å². The van der Waals surface area contributed by atoms with Crippen molar-refractivity contribution in [2.75, 3.05) is 19.0 Å². The van der Waals surface area contributed by atoms with Crippen LogP contribution in [0.5, 0.6) is 0 Å². The summed E-state index contributed by atoms with van der Waals surface area (Å²) in [5.74, 6) is 0.903. The van der Waals surface area contributed by atoms with E-state index in [0.29, 0.717) is 11.6 Å². The van der Waals surface area contributed by atoms with E-state index in [1.165, 1.54) is 0 Å². The molecule has 0 radical (unpaired) electrons. The molecular weight excluding hydrogens is 280 g/mol. The van der Waals surface area contributed by atoms with Gasteiger partial charge in [-0.3, -0.25) is 0 Å². The van der Waals surface area contributed by atoms with E-state index in [9.17, 15) is 0 Å². The monoisotopic (exact) mass is 296 g/mol. The van der Waals surface area contributed by atoms with E-state index < -0.39 is 0 Å². The maximum absolute atomic E-state index is 6.11. The van der Waals surface area contributed by atoms with Crippen molar-refractivity contribution in [3.8, 4) is 0 Å². The summed E-state index contributed by atoms with van der Waals surface area (Å²) in [5, 5.41) is 6.92. The Balaban J connectivity index is 2.14. The molecule has 2 heterocycles. The van der Waals surface area contributed by atoms with Crippen LogP contribution in [0.25, 0.3) is 0 Å². The largest absolute Gasteiger partial charge is 0.354 e. The van der Waals surface area contributed by atoms with Crippen molar-refractivity contribution in [1.82, 2.24) is 15.3 Å². The van der Waals surface area contributed by atoms with E-state index in [-0.39, 0.29) is 0 Å². The Morgan fingerprint density at radius 3 is 2.79 bits per heavy atom. The summed E-state index contributed by atoms with van der Waals surface area (Å²) in [6.45, 7) is 3.42. The van der Waals surface area contributed by atoms with Crippen LogP contribution in [0.3, 0.4) is 0 Å². The lowest BCUT2D eigenvalue weighted by Crippen LogP contribution is -2.19. The van der Waals surface area contributed by atoms with Crippen molar-refractivity contribution < 1.29 is 0 Å². The van der Waals surface area contributed by atoms with Crippen LogP contribution in [0.4, 0.5) is 5.82 Å². The third-order valence-corrected chi connectivity index (χ3v) is 3.87. The van der Waals surface area contributed by atoms with Gasteiger partial charge in [0.05, 0.1) is 28.0 Å². The highest BCUT2D eigenvalue weighted by atomic mass is 35.5. The number of aryl methyl sites for hydroxylation is 1. The van der Waals surface area contributed by atoms with Gasteiger partial charge in [0.15, 0.2) is 0 Å². The number of nitrogens with one attached hydrogen (secondary N) is 1. The molecule has 0 spiro atoms. The Hall–Kier alpha value is -1.17. The fraction of sp³-hybridized carbons (Fsp3) is 0.385. The highest BCUT2D eigenvalue weighted by molar-refractivity contribution is 7.09. The SMILES string of the molecule is CNCc1nc(N(C)Cc2csc(C)n2)ccc1Cl. The molecule has 0 unspecified atom stereocenters. The zero-order valence-electron chi connectivity index (χ0n) is 11.3. The summed E-state index contributed by atoms with van der Waals surface area (Å²) in [7, 11) is 3.89. The molecule has 4 nitrogen and oxygen atoms in total. The lowest BCUT2D eigenvalue weighted by Gasteiger charge is -2.18. The summed E-state index contributed by atoms with van der Waals surface area (Å²) in [5.41, 5.74) is 1.93. The number of thiazole rings is 1. The lowest BCUT2D eigenvalue weighted by molar-refractivity contribution is 0.781. The van der Waals surface area contributed by atoms with Gasteiger partial charge in [0, 0.05) is 19.0 Å². The van der Waals surface area contributed by atoms with Crippen LogP contribution in [-0.4, -0.2) is 24.1 Å². The fourth-order valence-electron chi connectivity index (χ4n) is 1.78. The molecule has 1 N–H and O–H groups in total. The second-order valence-corrected chi connectivity index (χ2v) is 5.81. The number of aromatic nitrogens is 2. The van der Waals surface area contributed by atoms with Crippen molar-refractivity contribution in [2.24, 2.45) is 0 Å².